The molecule has 1 aliphatic heterocycles. The predicted octanol–water partition coefficient (Wildman–Crippen LogP) is 2.09. The fourth-order valence-corrected chi connectivity index (χ4v) is 3.94. The van der Waals surface area contributed by atoms with Crippen LogP contribution in [0.25, 0.3) is 0 Å². The van der Waals surface area contributed by atoms with Crippen molar-refractivity contribution in [1.82, 2.24) is 9.55 Å². The van der Waals surface area contributed by atoms with Gasteiger partial charge in [-0.3, -0.25) is 18.9 Å². The van der Waals surface area contributed by atoms with Gasteiger partial charge in [-0.15, -0.1) is 0 Å². The lowest BCUT2D eigenvalue weighted by Gasteiger charge is -2.35. The number of nitrogens with zero attached hydrogens (tertiary/aromatic N) is 1. The van der Waals surface area contributed by atoms with E-state index in [0.717, 1.165) is 0 Å². The van der Waals surface area contributed by atoms with Crippen molar-refractivity contribution in [3.05, 3.63) is 80.9 Å². The summed E-state index contributed by atoms with van der Waals surface area (Å²) >= 11 is 0. The van der Waals surface area contributed by atoms with Crippen LogP contribution in [0.3, 0.4) is 0 Å². The van der Waals surface area contributed by atoms with Gasteiger partial charge in [-0.25, -0.2) is 9.59 Å². The van der Waals surface area contributed by atoms with Crippen molar-refractivity contribution in [2.24, 2.45) is 0 Å². The number of aromatic nitrogens is 2. The first kappa shape index (κ1) is 22.9. The van der Waals surface area contributed by atoms with Gasteiger partial charge in [0.1, 0.15) is 12.2 Å². The molecule has 0 spiro atoms. The Morgan fingerprint density at radius 3 is 2.55 bits per heavy atom. The average molecular weight is 450 g/mol. The van der Waals surface area contributed by atoms with Gasteiger partial charge in [-0.2, -0.15) is 0 Å². The molecule has 1 aromatic carbocycles. The quantitative estimate of drug-likeness (QED) is 0.502. The SMILES string of the molecule is COP(=O)(/C=C/C1OCC(n2ccc(=O)[nH]c2=O)CC1OC(=O)c1ccccc1)OC. The number of hydrogen-bond donors (Lipinski definition) is 1. The van der Waals surface area contributed by atoms with Gasteiger partial charge >= 0.3 is 19.3 Å². The molecule has 0 radical (unpaired) electrons. The summed E-state index contributed by atoms with van der Waals surface area (Å²) < 4.78 is 34.9. The fraction of sp³-hybridized carbons (Fsp3) is 0.350. The molecule has 1 saturated heterocycles. The van der Waals surface area contributed by atoms with Crippen LogP contribution < -0.4 is 11.2 Å². The van der Waals surface area contributed by atoms with E-state index in [4.69, 9.17) is 18.5 Å². The average Bonchev–Trinajstić information content (AvgIpc) is 2.78. The minimum absolute atomic E-state index is 0.102. The van der Waals surface area contributed by atoms with Gasteiger partial charge in [0, 0.05) is 38.7 Å². The minimum Gasteiger partial charge on any atom is -0.456 e. The summed E-state index contributed by atoms with van der Waals surface area (Å²) in [5, 5.41) is 0. The molecule has 166 valence electrons. The third kappa shape index (κ3) is 5.68. The van der Waals surface area contributed by atoms with Crippen LogP contribution in [0.2, 0.25) is 0 Å². The summed E-state index contributed by atoms with van der Waals surface area (Å²) in [6.45, 7) is 0.102. The lowest BCUT2D eigenvalue weighted by atomic mass is 10.0. The number of carbonyl (C=O) groups excluding carboxylic acids is 1. The van der Waals surface area contributed by atoms with Crippen molar-refractivity contribution >= 4 is 13.6 Å². The molecule has 1 N–H and O–H groups in total. The first-order valence-electron chi connectivity index (χ1n) is 9.45. The Morgan fingerprint density at radius 1 is 1.19 bits per heavy atom. The van der Waals surface area contributed by atoms with Crippen molar-refractivity contribution in [2.75, 3.05) is 20.8 Å². The highest BCUT2D eigenvalue weighted by atomic mass is 31.2. The lowest BCUT2D eigenvalue weighted by Crippen LogP contribution is -2.44. The number of H-pyrrole nitrogens is 1. The predicted molar refractivity (Wildman–Crippen MR) is 111 cm³/mol. The van der Waals surface area contributed by atoms with Crippen LogP contribution in [0.4, 0.5) is 0 Å². The van der Waals surface area contributed by atoms with Gasteiger partial charge < -0.3 is 18.5 Å². The summed E-state index contributed by atoms with van der Waals surface area (Å²) in [4.78, 5) is 38.3. The van der Waals surface area contributed by atoms with Crippen LogP contribution in [0.15, 0.2) is 64.1 Å². The number of esters is 1. The molecule has 3 unspecified atom stereocenters. The first-order chi connectivity index (χ1) is 14.8. The van der Waals surface area contributed by atoms with Crippen LogP contribution in [0, 0.1) is 0 Å². The van der Waals surface area contributed by atoms with Crippen molar-refractivity contribution in [2.45, 2.75) is 24.7 Å². The standard InChI is InChI=1S/C20H23N2O8P/c1-27-31(26,28-2)11-9-16-17(30-19(24)14-6-4-3-5-7-14)12-15(13-29-16)22-10-8-18(23)21-20(22)25/h3-11,15-17H,12-13H2,1-2H3,(H,21,23,25)/b11-9+. The maximum Gasteiger partial charge on any atom is 0.353 e. The summed E-state index contributed by atoms with van der Waals surface area (Å²) in [6, 6.07) is 9.17. The number of nitrogens with one attached hydrogen (secondary N) is 1. The minimum atomic E-state index is -3.45. The summed E-state index contributed by atoms with van der Waals surface area (Å²) in [5.41, 5.74) is -0.750. The normalized spacial score (nSPS) is 21.8. The van der Waals surface area contributed by atoms with Gasteiger partial charge in [0.25, 0.3) is 5.56 Å². The van der Waals surface area contributed by atoms with E-state index < -0.39 is 43.1 Å². The number of aromatic amines is 1. The molecule has 3 rings (SSSR count). The molecule has 0 amide bonds. The molecule has 2 aromatic rings. The van der Waals surface area contributed by atoms with E-state index in [1.165, 1.54) is 42.9 Å². The van der Waals surface area contributed by atoms with E-state index in [2.05, 4.69) is 4.98 Å². The first-order valence-corrected chi connectivity index (χ1v) is 11.1. The Bertz CT molecular complexity index is 1090. The summed E-state index contributed by atoms with van der Waals surface area (Å²) in [5.74, 6) is 0.678. The van der Waals surface area contributed by atoms with Crippen molar-refractivity contribution < 1.29 is 27.9 Å². The largest absolute Gasteiger partial charge is 0.456 e. The Kier molecular flexibility index (Phi) is 7.40. The molecule has 31 heavy (non-hydrogen) atoms. The van der Waals surface area contributed by atoms with Gasteiger partial charge in [-0.05, 0) is 18.2 Å². The van der Waals surface area contributed by atoms with Gasteiger partial charge in [0.2, 0.25) is 0 Å². The van der Waals surface area contributed by atoms with E-state index in [9.17, 15) is 18.9 Å². The van der Waals surface area contributed by atoms with Crippen LogP contribution in [0.1, 0.15) is 22.8 Å². The third-order valence-electron chi connectivity index (χ3n) is 4.83. The molecule has 3 atom stereocenters. The second-order valence-electron chi connectivity index (χ2n) is 6.76. The van der Waals surface area contributed by atoms with Crippen molar-refractivity contribution in [3.8, 4) is 0 Å². The maximum absolute atomic E-state index is 12.6. The second-order valence-corrected chi connectivity index (χ2v) is 8.87. The molecule has 10 nitrogen and oxygen atoms in total. The molecule has 1 fully saturated rings. The van der Waals surface area contributed by atoms with Crippen molar-refractivity contribution in [1.29, 1.82) is 0 Å². The Hall–Kier alpha value is -2.78. The van der Waals surface area contributed by atoms with E-state index in [-0.39, 0.29) is 13.0 Å². The fourth-order valence-electron chi connectivity index (χ4n) is 3.17. The number of carbonyl (C=O) groups is 1. The molecular weight excluding hydrogens is 427 g/mol. The number of rotatable bonds is 7. The van der Waals surface area contributed by atoms with E-state index in [1.54, 1.807) is 30.3 Å². The van der Waals surface area contributed by atoms with Gasteiger partial charge in [-0.1, -0.05) is 18.2 Å². The van der Waals surface area contributed by atoms with Gasteiger partial charge in [0.15, 0.2) is 0 Å². The Labute approximate surface area is 177 Å². The summed E-state index contributed by atoms with van der Waals surface area (Å²) in [7, 11) is -0.945. The molecule has 0 saturated carbocycles. The monoisotopic (exact) mass is 450 g/mol. The molecule has 0 aliphatic carbocycles. The smallest absolute Gasteiger partial charge is 0.353 e. The molecule has 1 aliphatic rings. The zero-order valence-corrected chi connectivity index (χ0v) is 17.9. The summed E-state index contributed by atoms with van der Waals surface area (Å²) in [6.07, 6.45) is 1.50. The number of benzene rings is 1. The van der Waals surface area contributed by atoms with Crippen LogP contribution >= 0.6 is 7.60 Å². The molecule has 1 aromatic heterocycles. The zero-order valence-electron chi connectivity index (χ0n) is 17.0. The Balaban J connectivity index is 1.86. The highest BCUT2D eigenvalue weighted by molar-refractivity contribution is 7.57. The molecular formula is C20H23N2O8P. The second kappa shape index (κ2) is 10.0. The van der Waals surface area contributed by atoms with E-state index in [0.29, 0.717) is 5.56 Å². The third-order valence-corrected chi connectivity index (χ3v) is 6.39. The number of hydrogen-bond acceptors (Lipinski definition) is 8. The lowest BCUT2D eigenvalue weighted by molar-refractivity contribution is -0.0820. The molecule has 0 bridgehead atoms. The number of ether oxygens (including phenoxy) is 2. The highest BCUT2D eigenvalue weighted by Gasteiger charge is 2.35. The van der Waals surface area contributed by atoms with Crippen LogP contribution in [-0.2, 0) is 23.1 Å². The highest BCUT2D eigenvalue weighted by Crippen LogP contribution is 2.48. The molecule has 11 heteroatoms. The van der Waals surface area contributed by atoms with Crippen molar-refractivity contribution in [3.63, 3.8) is 0 Å². The van der Waals surface area contributed by atoms with Gasteiger partial charge in [0.05, 0.1) is 18.2 Å². The van der Waals surface area contributed by atoms with Crippen LogP contribution in [-0.4, -0.2) is 48.6 Å². The van der Waals surface area contributed by atoms with E-state index in [1.807, 2.05) is 0 Å². The Morgan fingerprint density at radius 2 is 1.90 bits per heavy atom. The maximum atomic E-state index is 12.6. The van der Waals surface area contributed by atoms with Crippen LogP contribution in [0.5, 0.6) is 0 Å². The zero-order chi connectivity index (χ0) is 22.4. The molecule has 2 heterocycles. The topological polar surface area (TPSA) is 126 Å². The van der Waals surface area contributed by atoms with E-state index >= 15 is 0 Å².